The summed E-state index contributed by atoms with van der Waals surface area (Å²) in [5.74, 6) is 0. The smallest absolute Gasteiger partial charge is 0.152 e. The highest BCUT2D eigenvalue weighted by molar-refractivity contribution is 9.10. The van der Waals surface area contributed by atoms with Gasteiger partial charge in [-0.3, -0.25) is 0 Å². The molecule has 1 aliphatic carbocycles. The lowest BCUT2D eigenvalue weighted by Crippen LogP contribution is -2.56. The van der Waals surface area contributed by atoms with Gasteiger partial charge in [-0.05, 0) is 28.4 Å². The molecule has 1 aliphatic rings. The Balaban J connectivity index is 2.13. The molecule has 2 unspecified atom stereocenters. The number of nitrogens with zero attached hydrogens (tertiary/aromatic N) is 1. The van der Waals surface area contributed by atoms with Gasteiger partial charge in [0.15, 0.2) is 5.15 Å². The van der Waals surface area contributed by atoms with Crippen molar-refractivity contribution in [1.82, 2.24) is 4.98 Å². The molecular formula is C11H14BrClN2O. The quantitative estimate of drug-likeness (QED) is 0.825. The van der Waals surface area contributed by atoms with Gasteiger partial charge < -0.3 is 10.4 Å². The number of halogens is 2. The molecule has 1 aromatic rings. The zero-order chi connectivity index (χ0) is 11.9. The molecule has 2 N–H and O–H groups in total. The summed E-state index contributed by atoms with van der Waals surface area (Å²) in [5, 5.41) is 13.4. The Morgan fingerprint density at radius 2 is 2.31 bits per heavy atom. The summed E-state index contributed by atoms with van der Waals surface area (Å²) in [6.07, 6.45) is 2.16. The Morgan fingerprint density at radius 3 is 2.88 bits per heavy atom. The van der Waals surface area contributed by atoms with Crippen molar-refractivity contribution < 1.29 is 5.11 Å². The highest BCUT2D eigenvalue weighted by Crippen LogP contribution is 2.42. The number of pyridine rings is 1. The molecule has 0 amide bonds. The first-order valence-corrected chi connectivity index (χ1v) is 6.34. The first-order chi connectivity index (χ1) is 7.41. The SMILES string of the molecule is CC1(C)C(O)CC1Nc1cc(Br)cnc1Cl. The van der Waals surface area contributed by atoms with Gasteiger partial charge in [-0.1, -0.05) is 25.4 Å². The third-order valence-electron chi connectivity index (χ3n) is 3.35. The van der Waals surface area contributed by atoms with Crippen LogP contribution in [0.4, 0.5) is 5.69 Å². The van der Waals surface area contributed by atoms with Gasteiger partial charge in [0, 0.05) is 22.1 Å². The first-order valence-electron chi connectivity index (χ1n) is 5.17. The van der Waals surface area contributed by atoms with Crippen LogP contribution < -0.4 is 5.32 Å². The van der Waals surface area contributed by atoms with E-state index in [1.54, 1.807) is 6.20 Å². The van der Waals surface area contributed by atoms with Crippen molar-refractivity contribution in [2.24, 2.45) is 5.41 Å². The maximum Gasteiger partial charge on any atom is 0.152 e. The van der Waals surface area contributed by atoms with Gasteiger partial charge in [0.25, 0.3) is 0 Å². The van der Waals surface area contributed by atoms with Crippen LogP contribution in [0.1, 0.15) is 20.3 Å². The lowest BCUT2D eigenvalue weighted by molar-refractivity contribution is -0.0510. The van der Waals surface area contributed by atoms with Gasteiger partial charge in [0.2, 0.25) is 0 Å². The minimum absolute atomic E-state index is 0.119. The molecule has 1 fully saturated rings. The van der Waals surface area contributed by atoms with Crippen LogP contribution in [0, 0.1) is 5.41 Å². The van der Waals surface area contributed by atoms with Crippen molar-refractivity contribution in [2.75, 3.05) is 5.32 Å². The van der Waals surface area contributed by atoms with E-state index in [0.717, 1.165) is 16.6 Å². The fraction of sp³-hybridized carbons (Fsp3) is 0.545. The summed E-state index contributed by atoms with van der Waals surface area (Å²) >= 11 is 9.35. The monoisotopic (exact) mass is 304 g/mol. The van der Waals surface area contributed by atoms with Crippen molar-refractivity contribution in [3.05, 3.63) is 21.9 Å². The van der Waals surface area contributed by atoms with Gasteiger partial charge in [-0.2, -0.15) is 0 Å². The van der Waals surface area contributed by atoms with E-state index >= 15 is 0 Å². The van der Waals surface area contributed by atoms with E-state index in [2.05, 4.69) is 26.2 Å². The van der Waals surface area contributed by atoms with E-state index < -0.39 is 0 Å². The van der Waals surface area contributed by atoms with Crippen LogP contribution in [-0.4, -0.2) is 22.2 Å². The summed E-state index contributed by atoms with van der Waals surface area (Å²) in [7, 11) is 0. The number of nitrogens with one attached hydrogen (secondary N) is 1. The molecule has 2 rings (SSSR count). The molecular weight excluding hydrogens is 291 g/mol. The summed E-state index contributed by atoms with van der Waals surface area (Å²) < 4.78 is 0.886. The molecule has 0 aliphatic heterocycles. The Morgan fingerprint density at radius 1 is 1.62 bits per heavy atom. The maximum atomic E-state index is 9.65. The number of aliphatic hydroxyl groups excluding tert-OH is 1. The zero-order valence-corrected chi connectivity index (χ0v) is 11.5. The zero-order valence-electron chi connectivity index (χ0n) is 9.17. The van der Waals surface area contributed by atoms with E-state index in [0.29, 0.717) is 5.15 Å². The molecule has 1 heterocycles. The van der Waals surface area contributed by atoms with Crippen molar-refractivity contribution in [3.63, 3.8) is 0 Å². The van der Waals surface area contributed by atoms with Crippen LogP contribution in [0.5, 0.6) is 0 Å². The van der Waals surface area contributed by atoms with Gasteiger partial charge in [0.05, 0.1) is 11.8 Å². The predicted octanol–water partition coefficient (Wildman–Crippen LogP) is 3.07. The molecule has 2 atom stereocenters. The number of anilines is 1. The molecule has 3 nitrogen and oxygen atoms in total. The van der Waals surface area contributed by atoms with Crippen LogP contribution in [0.15, 0.2) is 16.7 Å². The predicted molar refractivity (Wildman–Crippen MR) is 68.8 cm³/mol. The number of aromatic nitrogens is 1. The number of rotatable bonds is 2. The minimum atomic E-state index is -0.246. The first kappa shape index (κ1) is 12.1. The van der Waals surface area contributed by atoms with Crippen molar-refractivity contribution >= 4 is 33.2 Å². The number of aliphatic hydroxyl groups is 1. The normalized spacial score (nSPS) is 27.3. The average Bonchev–Trinajstić information content (AvgIpc) is 2.23. The molecule has 0 aromatic carbocycles. The summed E-state index contributed by atoms with van der Waals surface area (Å²) in [5.41, 5.74) is 0.687. The molecule has 5 heteroatoms. The number of hydrogen-bond donors (Lipinski definition) is 2. The Labute approximate surface area is 108 Å². The minimum Gasteiger partial charge on any atom is -0.392 e. The molecule has 1 saturated carbocycles. The summed E-state index contributed by atoms with van der Waals surface area (Å²) in [6.45, 7) is 4.08. The van der Waals surface area contributed by atoms with Gasteiger partial charge in [-0.15, -0.1) is 0 Å². The molecule has 0 saturated heterocycles. The third kappa shape index (κ3) is 2.06. The van der Waals surface area contributed by atoms with E-state index in [9.17, 15) is 5.11 Å². The van der Waals surface area contributed by atoms with Crippen LogP contribution >= 0.6 is 27.5 Å². The Kier molecular flexibility index (Phi) is 3.16. The Hall–Kier alpha value is -0.320. The molecule has 16 heavy (non-hydrogen) atoms. The van der Waals surface area contributed by atoms with Crippen LogP contribution in [0.25, 0.3) is 0 Å². The number of hydrogen-bond acceptors (Lipinski definition) is 3. The van der Waals surface area contributed by atoms with Gasteiger partial charge in [0.1, 0.15) is 0 Å². The van der Waals surface area contributed by atoms with Crippen LogP contribution in [-0.2, 0) is 0 Å². The fourth-order valence-electron chi connectivity index (χ4n) is 1.86. The maximum absolute atomic E-state index is 9.65. The van der Waals surface area contributed by atoms with Crippen LogP contribution in [0.3, 0.4) is 0 Å². The second-order valence-corrected chi connectivity index (χ2v) is 6.04. The highest BCUT2D eigenvalue weighted by Gasteiger charge is 2.47. The fourth-order valence-corrected chi connectivity index (χ4v) is 2.35. The van der Waals surface area contributed by atoms with E-state index in [1.807, 2.05) is 19.9 Å². The summed E-state index contributed by atoms with van der Waals surface area (Å²) in [4.78, 5) is 4.05. The second kappa shape index (κ2) is 4.17. The topological polar surface area (TPSA) is 45.1 Å². The van der Waals surface area contributed by atoms with Gasteiger partial charge in [-0.25, -0.2) is 4.98 Å². The molecule has 0 radical (unpaired) electrons. The van der Waals surface area contributed by atoms with Crippen molar-refractivity contribution in [3.8, 4) is 0 Å². The lowest BCUT2D eigenvalue weighted by atomic mass is 9.64. The highest BCUT2D eigenvalue weighted by atomic mass is 79.9. The van der Waals surface area contributed by atoms with Crippen molar-refractivity contribution in [2.45, 2.75) is 32.4 Å². The van der Waals surface area contributed by atoms with E-state index in [-0.39, 0.29) is 17.6 Å². The second-order valence-electron chi connectivity index (χ2n) is 4.76. The van der Waals surface area contributed by atoms with E-state index in [4.69, 9.17) is 11.6 Å². The molecule has 88 valence electrons. The van der Waals surface area contributed by atoms with E-state index in [1.165, 1.54) is 0 Å². The molecule has 1 aromatic heterocycles. The third-order valence-corrected chi connectivity index (χ3v) is 4.09. The Bertz CT molecular complexity index is 411. The lowest BCUT2D eigenvalue weighted by Gasteiger charge is -2.49. The average molecular weight is 306 g/mol. The largest absolute Gasteiger partial charge is 0.392 e. The molecule has 0 spiro atoms. The van der Waals surface area contributed by atoms with Crippen LogP contribution in [0.2, 0.25) is 5.15 Å². The summed E-state index contributed by atoms with van der Waals surface area (Å²) in [6, 6.07) is 2.13. The standard InChI is InChI=1S/C11H14BrClN2O/c1-11(2)8(4-9(11)16)15-7-3-6(12)5-14-10(7)13/h3,5,8-9,15-16H,4H2,1-2H3. The van der Waals surface area contributed by atoms with Crippen molar-refractivity contribution in [1.29, 1.82) is 0 Å². The van der Waals surface area contributed by atoms with Gasteiger partial charge >= 0.3 is 0 Å². The molecule has 0 bridgehead atoms.